The van der Waals surface area contributed by atoms with Crippen LogP contribution < -0.4 is 4.90 Å². The number of aromatic carboxylic acids is 1. The van der Waals surface area contributed by atoms with E-state index in [2.05, 4.69) is 0 Å². The van der Waals surface area contributed by atoms with E-state index in [0.717, 1.165) is 30.6 Å². The summed E-state index contributed by atoms with van der Waals surface area (Å²) < 4.78 is 0. The number of anilines is 1. The third kappa shape index (κ3) is 2.30. The molecule has 1 fully saturated rings. The molecule has 4 nitrogen and oxygen atoms in total. The Hall–Kier alpha value is -1.84. The van der Waals surface area contributed by atoms with E-state index in [-0.39, 0.29) is 11.5 Å². The summed E-state index contributed by atoms with van der Waals surface area (Å²) in [6, 6.07) is 4.88. The fourth-order valence-electron chi connectivity index (χ4n) is 2.15. The molecule has 2 rings (SSSR count). The maximum absolute atomic E-state index is 11.8. The van der Waals surface area contributed by atoms with Crippen LogP contribution >= 0.6 is 0 Å². The van der Waals surface area contributed by atoms with E-state index in [1.165, 1.54) is 0 Å². The molecule has 1 amide bonds. The fraction of sp³-hybridized carbons (Fsp3) is 0.385. The SMILES string of the molecule is Cc1cc(C(=O)O)ccc1N1CCCCC1=O. The zero-order valence-electron chi connectivity index (χ0n) is 9.77. The van der Waals surface area contributed by atoms with E-state index >= 15 is 0 Å². The summed E-state index contributed by atoms with van der Waals surface area (Å²) in [4.78, 5) is 24.4. The standard InChI is InChI=1S/C13H15NO3/c1-9-8-10(13(16)17)5-6-11(9)14-7-3-2-4-12(14)15/h5-6,8H,2-4,7H2,1H3,(H,16,17). The van der Waals surface area contributed by atoms with Crippen molar-refractivity contribution >= 4 is 17.6 Å². The quantitative estimate of drug-likeness (QED) is 0.852. The maximum Gasteiger partial charge on any atom is 0.335 e. The number of nitrogens with zero attached hydrogens (tertiary/aromatic N) is 1. The van der Waals surface area contributed by atoms with Crippen molar-refractivity contribution in [2.75, 3.05) is 11.4 Å². The molecule has 1 aromatic carbocycles. The first-order chi connectivity index (χ1) is 8.09. The lowest BCUT2D eigenvalue weighted by Gasteiger charge is -2.28. The van der Waals surface area contributed by atoms with Gasteiger partial charge in [0.2, 0.25) is 5.91 Å². The zero-order chi connectivity index (χ0) is 12.4. The molecule has 1 saturated heterocycles. The highest BCUT2D eigenvalue weighted by Crippen LogP contribution is 2.25. The Balaban J connectivity index is 2.32. The van der Waals surface area contributed by atoms with Crippen LogP contribution in [0.2, 0.25) is 0 Å². The van der Waals surface area contributed by atoms with E-state index in [4.69, 9.17) is 5.11 Å². The maximum atomic E-state index is 11.8. The van der Waals surface area contributed by atoms with Gasteiger partial charge in [0.05, 0.1) is 5.56 Å². The van der Waals surface area contributed by atoms with Gasteiger partial charge in [-0.1, -0.05) is 0 Å². The Bertz CT molecular complexity index is 468. The molecule has 1 N–H and O–H groups in total. The first-order valence-electron chi connectivity index (χ1n) is 5.74. The van der Waals surface area contributed by atoms with Crippen LogP contribution in [0.4, 0.5) is 5.69 Å². The largest absolute Gasteiger partial charge is 0.478 e. The molecule has 90 valence electrons. The summed E-state index contributed by atoms with van der Waals surface area (Å²) in [5.74, 6) is -0.813. The van der Waals surface area contributed by atoms with Crippen molar-refractivity contribution in [1.82, 2.24) is 0 Å². The molecule has 0 atom stereocenters. The summed E-state index contributed by atoms with van der Waals surface area (Å²) in [5, 5.41) is 8.88. The first kappa shape index (κ1) is 11.6. The minimum absolute atomic E-state index is 0.127. The molecule has 1 aliphatic rings. The fourth-order valence-corrected chi connectivity index (χ4v) is 2.15. The van der Waals surface area contributed by atoms with Crippen LogP contribution in [0.25, 0.3) is 0 Å². The second-order valence-corrected chi connectivity index (χ2v) is 4.31. The van der Waals surface area contributed by atoms with Crippen LogP contribution in [0, 0.1) is 6.92 Å². The molecule has 1 aromatic rings. The molecule has 1 heterocycles. The van der Waals surface area contributed by atoms with Crippen LogP contribution in [0.15, 0.2) is 18.2 Å². The van der Waals surface area contributed by atoms with Gasteiger partial charge in [0.25, 0.3) is 0 Å². The van der Waals surface area contributed by atoms with E-state index in [1.54, 1.807) is 23.1 Å². The average molecular weight is 233 g/mol. The number of hydrogen-bond donors (Lipinski definition) is 1. The van der Waals surface area contributed by atoms with Gasteiger partial charge >= 0.3 is 5.97 Å². The van der Waals surface area contributed by atoms with Crippen LogP contribution in [0.1, 0.15) is 35.2 Å². The lowest BCUT2D eigenvalue weighted by atomic mass is 10.1. The highest BCUT2D eigenvalue weighted by atomic mass is 16.4. The molecule has 0 aromatic heterocycles. The molecule has 0 aliphatic carbocycles. The molecular weight excluding hydrogens is 218 g/mol. The molecule has 1 aliphatic heterocycles. The predicted octanol–water partition coefficient (Wildman–Crippen LogP) is 2.21. The second-order valence-electron chi connectivity index (χ2n) is 4.31. The number of hydrogen-bond acceptors (Lipinski definition) is 2. The number of carboxylic acids is 1. The third-order valence-corrected chi connectivity index (χ3v) is 3.06. The normalized spacial score (nSPS) is 16.1. The number of rotatable bonds is 2. The van der Waals surface area contributed by atoms with Gasteiger partial charge in [-0.15, -0.1) is 0 Å². The van der Waals surface area contributed by atoms with Crippen molar-refractivity contribution in [2.24, 2.45) is 0 Å². The smallest absolute Gasteiger partial charge is 0.335 e. The van der Waals surface area contributed by atoms with Gasteiger partial charge in [-0.3, -0.25) is 4.79 Å². The van der Waals surface area contributed by atoms with Crippen LogP contribution in [0.3, 0.4) is 0 Å². The summed E-state index contributed by atoms with van der Waals surface area (Å²) in [7, 11) is 0. The summed E-state index contributed by atoms with van der Waals surface area (Å²) in [6.07, 6.45) is 2.54. The van der Waals surface area contributed by atoms with Crippen molar-refractivity contribution in [3.8, 4) is 0 Å². The monoisotopic (exact) mass is 233 g/mol. The van der Waals surface area contributed by atoms with E-state index in [9.17, 15) is 9.59 Å². The molecule has 0 bridgehead atoms. The average Bonchev–Trinajstić information content (AvgIpc) is 2.30. The number of aryl methyl sites for hydroxylation is 1. The number of carbonyl (C=O) groups is 2. The van der Waals surface area contributed by atoms with E-state index < -0.39 is 5.97 Å². The Kier molecular flexibility index (Phi) is 3.13. The number of amides is 1. The molecule has 0 saturated carbocycles. The first-order valence-corrected chi connectivity index (χ1v) is 5.74. The zero-order valence-corrected chi connectivity index (χ0v) is 9.77. The lowest BCUT2D eigenvalue weighted by Crippen LogP contribution is -2.35. The lowest BCUT2D eigenvalue weighted by molar-refractivity contribution is -0.119. The van der Waals surface area contributed by atoms with Crippen molar-refractivity contribution in [3.63, 3.8) is 0 Å². The number of carbonyl (C=O) groups excluding carboxylic acids is 1. The van der Waals surface area contributed by atoms with Gasteiger partial charge in [0.15, 0.2) is 0 Å². The molecule has 0 spiro atoms. The van der Waals surface area contributed by atoms with Gasteiger partial charge in [-0.2, -0.15) is 0 Å². The Morgan fingerprint density at radius 2 is 2.12 bits per heavy atom. The van der Waals surface area contributed by atoms with E-state index in [1.807, 2.05) is 6.92 Å². The number of carboxylic acid groups (broad SMARTS) is 1. The molecule has 4 heteroatoms. The van der Waals surface area contributed by atoms with Gasteiger partial charge in [0.1, 0.15) is 0 Å². The van der Waals surface area contributed by atoms with Gasteiger partial charge in [0, 0.05) is 18.7 Å². The van der Waals surface area contributed by atoms with Crippen LogP contribution in [-0.4, -0.2) is 23.5 Å². The van der Waals surface area contributed by atoms with Crippen molar-refractivity contribution in [1.29, 1.82) is 0 Å². The molecule has 0 unspecified atom stereocenters. The van der Waals surface area contributed by atoms with E-state index in [0.29, 0.717) is 6.42 Å². The Labute approximate surface area is 99.9 Å². The number of benzene rings is 1. The Morgan fingerprint density at radius 1 is 1.35 bits per heavy atom. The Morgan fingerprint density at radius 3 is 2.71 bits per heavy atom. The molecular formula is C13H15NO3. The van der Waals surface area contributed by atoms with Crippen molar-refractivity contribution in [3.05, 3.63) is 29.3 Å². The predicted molar refractivity (Wildman–Crippen MR) is 64.3 cm³/mol. The van der Waals surface area contributed by atoms with Crippen molar-refractivity contribution < 1.29 is 14.7 Å². The third-order valence-electron chi connectivity index (χ3n) is 3.06. The minimum atomic E-state index is -0.940. The molecule has 0 radical (unpaired) electrons. The van der Waals surface area contributed by atoms with Gasteiger partial charge in [-0.25, -0.2) is 4.79 Å². The summed E-state index contributed by atoms with van der Waals surface area (Å²) in [6.45, 7) is 2.57. The summed E-state index contributed by atoms with van der Waals surface area (Å²) in [5.41, 5.74) is 1.93. The second kappa shape index (κ2) is 4.57. The minimum Gasteiger partial charge on any atom is -0.478 e. The highest BCUT2D eigenvalue weighted by molar-refractivity contribution is 5.96. The number of piperidine rings is 1. The van der Waals surface area contributed by atoms with Crippen LogP contribution in [0.5, 0.6) is 0 Å². The van der Waals surface area contributed by atoms with Gasteiger partial charge < -0.3 is 10.0 Å². The van der Waals surface area contributed by atoms with Gasteiger partial charge in [-0.05, 0) is 43.5 Å². The van der Waals surface area contributed by atoms with Crippen molar-refractivity contribution in [2.45, 2.75) is 26.2 Å². The summed E-state index contributed by atoms with van der Waals surface area (Å²) >= 11 is 0. The highest BCUT2D eigenvalue weighted by Gasteiger charge is 2.21. The topological polar surface area (TPSA) is 57.6 Å². The molecule has 17 heavy (non-hydrogen) atoms. The van der Waals surface area contributed by atoms with Crippen LogP contribution in [-0.2, 0) is 4.79 Å².